The number of amides is 1. The van der Waals surface area contributed by atoms with Crippen LogP contribution in [0.5, 0.6) is 0 Å². The number of carboxylic acids is 1. The van der Waals surface area contributed by atoms with E-state index in [1.54, 1.807) is 0 Å². The van der Waals surface area contributed by atoms with Crippen molar-refractivity contribution in [3.05, 3.63) is 40.2 Å². The zero-order valence-corrected chi connectivity index (χ0v) is 12.6. The van der Waals surface area contributed by atoms with Crippen molar-refractivity contribution in [2.45, 2.75) is 25.1 Å². The molecular weight excluding hydrogens is 345 g/mol. The highest BCUT2D eigenvalue weighted by Crippen LogP contribution is 2.34. The van der Waals surface area contributed by atoms with Gasteiger partial charge in [0.05, 0.1) is 5.56 Å². The molecule has 10 heteroatoms. The van der Waals surface area contributed by atoms with Gasteiger partial charge in [-0.15, -0.1) is 0 Å². The third kappa shape index (κ3) is 4.49. The summed E-state index contributed by atoms with van der Waals surface area (Å²) in [5.74, 6) is -1.11. The number of aliphatic carboxylic acids is 1. The summed E-state index contributed by atoms with van der Waals surface area (Å²) in [6.45, 7) is 0. The minimum absolute atomic E-state index is 0.164. The number of halogens is 3. The third-order valence-corrected chi connectivity index (χ3v) is 3.37. The normalized spacial score (nSPS) is 16.9. The van der Waals surface area contributed by atoms with Crippen molar-refractivity contribution in [3.8, 4) is 0 Å². The Kier molecular flexibility index (Phi) is 5.00. The van der Waals surface area contributed by atoms with Crippen LogP contribution < -0.4 is 16.7 Å². The molecule has 4 N–H and O–H groups in total. The van der Waals surface area contributed by atoms with Gasteiger partial charge in [-0.05, 0) is 18.6 Å². The van der Waals surface area contributed by atoms with Gasteiger partial charge in [0.15, 0.2) is 0 Å². The topological polar surface area (TPSA) is 123 Å². The van der Waals surface area contributed by atoms with E-state index in [9.17, 15) is 27.6 Å². The van der Waals surface area contributed by atoms with Crippen molar-refractivity contribution >= 4 is 28.5 Å². The van der Waals surface area contributed by atoms with E-state index >= 15 is 0 Å². The highest BCUT2D eigenvalue weighted by molar-refractivity contribution is 5.87. The molecule has 1 fully saturated rings. The Balaban J connectivity index is 0.000000212. The molecule has 3 rings (SSSR count). The lowest BCUT2D eigenvalue weighted by Gasteiger charge is -2.08. The largest absolute Gasteiger partial charge is 0.480 e. The summed E-state index contributed by atoms with van der Waals surface area (Å²) in [6.07, 6.45) is -3.82. The number of nitrogen functional groups attached to an aromatic ring is 1. The third-order valence-electron chi connectivity index (χ3n) is 3.37. The van der Waals surface area contributed by atoms with Crippen molar-refractivity contribution < 1.29 is 32.3 Å². The van der Waals surface area contributed by atoms with Crippen molar-refractivity contribution in [1.29, 1.82) is 0 Å². The lowest BCUT2D eigenvalue weighted by Crippen LogP contribution is -2.32. The van der Waals surface area contributed by atoms with Gasteiger partial charge in [0.25, 0.3) is 0 Å². The molecule has 0 bridgehead atoms. The molecule has 134 valence electrons. The minimum atomic E-state index is -4.59. The lowest BCUT2D eigenvalue weighted by molar-refractivity contribution is -0.140. The zero-order chi connectivity index (χ0) is 18.8. The molecule has 1 aliphatic rings. The summed E-state index contributed by atoms with van der Waals surface area (Å²) < 4.78 is 42.4. The van der Waals surface area contributed by atoms with Gasteiger partial charge in [-0.1, -0.05) is 0 Å². The molecule has 1 aromatic heterocycles. The standard InChI is InChI=1S/C10H6F3NO2.C5H7NO3/c11-10(12,13)7-4-9(15)16-8-3-5(14)1-2-6(7)8;7-4-2-1-3(6-4)5(8)9/h1-4H,14H2;3H,1-2H2,(H,6,7)(H,8,9)/t;3-/m.0/s1. The summed E-state index contributed by atoms with van der Waals surface area (Å²) >= 11 is 0. The van der Waals surface area contributed by atoms with Crippen LogP contribution in [0.25, 0.3) is 11.0 Å². The number of fused-ring (bicyclic) bond motifs is 1. The maximum absolute atomic E-state index is 12.6. The first-order valence-electron chi connectivity index (χ1n) is 7.00. The number of carbonyl (C=O) groups is 2. The molecule has 25 heavy (non-hydrogen) atoms. The van der Waals surface area contributed by atoms with Gasteiger partial charge in [0.1, 0.15) is 11.6 Å². The Hall–Kier alpha value is -3.04. The van der Waals surface area contributed by atoms with Crippen LogP contribution in [-0.4, -0.2) is 23.0 Å². The summed E-state index contributed by atoms with van der Waals surface area (Å²) in [4.78, 5) is 31.5. The first-order valence-corrected chi connectivity index (χ1v) is 7.00. The molecule has 2 aromatic rings. The van der Waals surface area contributed by atoms with Crippen LogP contribution in [0.3, 0.4) is 0 Å². The molecule has 0 radical (unpaired) electrons. The van der Waals surface area contributed by atoms with Gasteiger partial charge in [0, 0.05) is 29.6 Å². The van der Waals surface area contributed by atoms with E-state index in [0.717, 1.165) is 0 Å². The molecule has 1 aromatic carbocycles. The number of anilines is 1. The molecular formula is C15H13F3N2O5. The fourth-order valence-corrected chi connectivity index (χ4v) is 2.21. The molecule has 0 spiro atoms. The predicted molar refractivity (Wildman–Crippen MR) is 80.7 cm³/mol. The van der Waals surface area contributed by atoms with Crippen LogP contribution in [0.4, 0.5) is 18.9 Å². The molecule has 1 amide bonds. The fraction of sp³-hybridized carbons (Fsp3) is 0.267. The quantitative estimate of drug-likeness (QED) is 0.527. The van der Waals surface area contributed by atoms with E-state index in [0.29, 0.717) is 18.9 Å². The molecule has 0 aliphatic carbocycles. The minimum Gasteiger partial charge on any atom is -0.480 e. The number of alkyl halides is 3. The first-order chi connectivity index (χ1) is 11.6. The van der Waals surface area contributed by atoms with Gasteiger partial charge < -0.3 is 20.6 Å². The lowest BCUT2D eigenvalue weighted by atomic mass is 10.1. The van der Waals surface area contributed by atoms with Gasteiger partial charge >= 0.3 is 17.8 Å². The SMILES string of the molecule is Nc1ccc2c(C(F)(F)F)cc(=O)oc2c1.O=C1CC[C@@H](C(=O)O)N1. The molecule has 1 aliphatic heterocycles. The van der Waals surface area contributed by atoms with Crippen molar-refractivity contribution in [2.75, 3.05) is 5.73 Å². The summed E-state index contributed by atoms with van der Waals surface area (Å²) in [5.41, 5.74) is 3.39. The number of hydrogen-bond acceptors (Lipinski definition) is 5. The number of nitrogens with two attached hydrogens (primary N) is 1. The van der Waals surface area contributed by atoms with Crippen LogP contribution in [0.2, 0.25) is 0 Å². The van der Waals surface area contributed by atoms with Gasteiger partial charge in [0.2, 0.25) is 5.91 Å². The summed E-state index contributed by atoms with van der Waals surface area (Å²) in [5, 5.41) is 10.5. The number of hydrogen-bond donors (Lipinski definition) is 3. The Bertz CT molecular complexity index is 876. The number of carboxylic acid groups (broad SMARTS) is 1. The number of carbonyl (C=O) groups excluding carboxylic acids is 1. The van der Waals surface area contributed by atoms with Crippen LogP contribution >= 0.6 is 0 Å². The number of nitrogens with one attached hydrogen (secondary N) is 1. The van der Waals surface area contributed by atoms with Crippen LogP contribution in [0.15, 0.2) is 33.5 Å². The van der Waals surface area contributed by atoms with Crippen molar-refractivity contribution in [3.63, 3.8) is 0 Å². The molecule has 0 unspecified atom stereocenters. The summed E-state index contributed by atoms with van der Waals surface area (Å²) in [6, 6.07) is 3.47. The maximum atomic E-state index is 12.6. The molecule has 7 nitrogen and oxygen atoms in total. The van der Waals surface area contributed by atoms with E-state index in [1.165, 1.54) is 18.2 Å². The van der Waals surface area contributed by atoms with Crippen LogP contribution in [-0.2, 0) is 15.8 Å². The van der Waals surface area contributed by atoms with E-state index in [-0.39, 0.29) is 22.6 Å². The smallest absolute Gasteiger partial charge is 0.417 e. The molecule has 0 saturated carbocycles. The second-order valence-corrected chi connectivity index (χ2v) is 5.23. The van der Waals surface area contributed by atoms with Gasteiger partial charge in [-0.2, -0.15) is 13.2 Å². The predicted octanol–water partition coefficient (Wildman–Crippen LogP) is 1.74. The van der Waals surface area contributed by atoms with Gasteiger partial charge in [-0.25, -0.2) is 9.59 Å². The monoisotopic (exact) mass is 358 g/mol. The molecule has 1 atom stereocenters. The second kappa shape index (κ2) is 6.83. The first kappa shape index (κ1) is 18.3. The van der Waals surface area contributed by atoms with Crippen LogP contribution in [0.1, 0.15) is 18.4 Å². The molecule has 2 heterocycles. The average Bonchev–Trinajstić information content (AvgIpc) is 2.92. The highest BCUT2D eigenvalue weighted by atomic mass is 19.4. The van der Waals surface area contributed by atoms with E-state index < -0.39 is 29.4 Å². The van der Waals surface area contributed by atoms with Crippen molar-refractivity contribution in [1.82, 2.24) is 5.32 Å². The number of benzene rings is 1. The van der Waals surface area contributed by atoms with E-state index in [2.05, 4.69) is 9.73 Å². The average molecular weight is 358 g/mol. The summed E-state index contributed by atoms with van der Waals surface area (Å²) in [7, 11) is 0. The maximum Gasteiger partial charge on any atom is 0.417 e. The Labute approximate surface area is 138 Å². The Morgan fingerprint density at radius 2 is 1.96 bits per heavy atom. The van der Waals surface area contributed by atoms with Gasteiger partial charge in [-0.3, -0.25) is 4.79 Å². The Morgan fingerprint density at radius 3 is 2.44 bits per heavy atom. The highest BCUT2D eigenvalue weighted by Gasteiger charge is 2.33. The van der Waals surface area contributed by atoms with Crippen LogP contribution in [0, 0.1) is 0 Å². The van der Waals surface area contributed by atoms with Crippen molar-refractivity contribution in [2.24, 2.45) is 0 Å². The number of rotatable bonds is 1. The van der Waals surface area contributed by atoms with E-state index in [1.807, 2.05) is 0 Å². The second-order valence-electron chi connectivity index (χ2n) is 5.23. The zero-order valence-electron chi connectivity index (χ0n) is 12.6. The Morgan fingerprint density at radius 1 is 1.28 bits per heavy atom. The van der Waals surface area contributed by atoms with E-state index in [4.69, 9.17) is 10.8 Å². The fourth-order valence-electron chi connectivity index (χ4n) is 2.21. The molecule has 1 saturated heterocycles.